The van der Waals surface area contributed by atoms with Crippen LogP contribution in [0.2, 0.25) is 0 Å². The lowest BCUT2D eigenvalue weighted by Gasteiger charge is -2.39. The third kappa shape index (κ3) is 6.59. The number of anilines is 1. The Morgan fingerprint density at radius 2 is 1.58 bits per heavy atom. The van der Waals surface area contributed by atoms with Gasteiger partial charge < -0.3 is 10.1 Å². The highest BCUT2D eigenvalue weighted by atomic mass is 32.2. The molecule has 0 saturated carbocycles. The molecule has 1 aliphatic heterocycles. The van der Waals surface area contributed by atoms with Crippen LogP contribution in [-0.2, 0) is 16.4 Å². The van der Waals surface area contributed by atoms with Gasteiger partial charge in [0.15, 0.2) is 0 Å². The fourth-order valence-corrected chi connectivity index (χ4v) is 6.46. The quantitative estimate of drug-likeness (QED) is 0.390. The molecule has 0 spiro atoms. The number of piperidine rings is 1. The second kappa shape index (κ2) is 11.3. The molecule has 1 N–H and O–H groups in total. The zero-order valence-corrected chi connectivity index (χ0v) is 20.5. The average molecular weight is 519 g/mol. The summed E-state index contributed by atoms with van der Waals surface area (Å²) in [4.78, 5) is -0.0886. The molecule has 0 aromatic heterocycles. The molecule has 36 heavy (non-hydrogen) atoms. The summed E-state index contributed by atoms with van der Waals surface area (Å²) in [7, 11) is -4.10. The number of ether oxygens (including phenoxy) is 1. The Balaban J connectivity index is 1.72. The second-order valence-electron chi connectivity index (χ2n) is 8.85. The molecule has 1 heterocycles. The van der Waals surface area contributed by atoms with Crippen LogP contribution in [-0.4, -0.2) is 33.9 Å². The molecule has 1 fully saturated rings. The van der Waals surface area contributed by atoms with E-state index in [9.17, 15) is 21.6 Å². The molecule has 192 valence electrons. The predicted octanol–water partition coefficient (Wildman–Crippen LogP) is 5.78. The Morgan fingerprint density at radius 3 is 2.17 bits per heavy atom. The van der Waals surface area contributed by atoms with E-state index in [1.165, 1.54) is 16.4 Å². The predicted molar refractivity (Wildman–Crippen MR) is 133 cm³/mol. The number of halogens is 3. The largest absolute Gasteiger partial charge is 0.573 e. The number of benzene rings is 3. The van der Waals surface area contributed by atoms with Gasteiger partial charge in [-0.25, -0.2) is 8.42 Å². The molecule has 3 aromatic carbocycles. The van der Waals surface area contributed by atoms with E-state index < -0.39 is 22.1 Å². The molecular weight excluding hydrogens is 489 g/mol. The summed E-state index contributed by atoms with van der Waals surface area (Å²) in [6.45, 7) is 1.58. The van der Waals surface area contributed by atoms with E-state index in [1.807, 2.05) is 36.4 Å². The number of aryl methyl sites for hydroxylation is 1. The first-order valence-corrected chi connectivity index (χ1v) is 13.4. The van der Waals surface area contributed by atoms with Crippen LogP contribution in [0.4, 0.5) is 18.9 Å². The molecule has 0 amide bonds. The summed E-state index contributed by atoms with van der Waals surface area (Å²) >= 11 is 0. The lowest BCUT2D eigenvalue weighted by Crippen LogP contribution is -2.49. The van der Waals surface area contributed by atoms with E-state index in [0.717, 1.165) is 37.1 Å². The minimum absolute atomic E-state index is 0.0743. The van der Waals surface area contributed by atoms with Crippen LogP contribution in [0.5, 0.6) is 5.75 Å². The highest BCUT2D eigenvalue weighted by molar-refractivity contribution is 7.92. The molecule has 2 unspecified atom stereocenters. The third-order valence-electron chi connectivity index (χ3n) is 6.38. The number of nitrogens with one attached hydrogen (secondary N) is 1. The van der Waals surface area contributed by atoms with E-state index >= 15 is 0 Å². The van der Waals surface area contributed by atoms with Crippen LogP contribution < -0.4 is 14.4 Å². The van der Waals surface area contributed by atoms with Crippen molar-refractivity contribution in [2.45, 2.75) is 43.0 Å². The Labute approximate surface area is 210 Å². The molecule has 0 aliphatic carbocycles. The van der Waals surface area contributed by atoms with Crippen LogP contribution in [0, 0.1) is 5.92 Å². The summed E-state index contributed by atoms with van der Waals surface area (Å²) < 4.78 is 71.3. The molecule has 3 aromatic rings. The summed E-state index contributed by atoms with van der Waals surface area (Å²) in [5.74, 6) is -0.393. The third-order valence-corrected chi connectivity index (χ3v) is 8.24. The summed E-state index contributed by atoms with van der Waals surface area (Å²) in [5.41, 5.74) is 1.64. The van der Waals surface area contributed by atoms with E-state index in [-0.39, 0.29) is 16.9 Å². The minimum atomic E-state index is -4.85. The Hall–Kier alpha value is -3.04. The fourth-order valence-electron chi connectivity index (χ4n) is 4.72. The van der Waals surface area contributed by atoms with Crippen molar-refractivity contribution in [1.29, 1.82) is 0 Å². The number of nitrogens with zero attached hydrogens (tertiary/aromatic N) is 1. The first-order chi connectivity index (χ1) is 17.2. The van der Waals surface area contributed by atoms with E-state index in [4.69, 9.17) is 0 Å². The molecule has 9 heteroatoms. The molecule has 4 rings (SSSR count). The van der Waals surface area contributed by atoms with Gasteiger partial charge in [-0.15, -0.1) is 13.2 Å². The van der Waals surface area contributed by atoms with Gasteiger partial charge in [-0.2, -0.15) is 0 Å². The monoisotopic (exact) mass is 518 g/mol. The van der Waals surface area contributed by atoms with Crippen molar-refractivity contribution in [3.8, 4) is 5.75 Å². The van der Waals surface area contributed by atoms with Gasteiger partial charge >= 0.3 is 6.36 Å². The zero-order valence-electron chi connectivity index (χ0n) is 19.7. The van der Waals surface area contributed by atoms with Crippen LogP contribution in [0.25, 0.3) is 0 Å². The average Bonchev–Trinajstić information content (AvgIpc) is 2.87. The molecular formula is C27H29F3N2O3S. The lowest BCUT2D eigenvalue weighted by atomic mass is 9.87. The maximum absolute atomic E-state index is 14.1. The number of alkyl halides is 3. The van der Waals surface area contributed by atoms with Crippen molar-refractivity contribution in [3.05, 3.63) is 90.5 Å². The van der Waals surface area contributed by atoms with Gasteiger partial charge in [-0.1, -0.05) is 48.5 Å². The standard InChI is InChI=1S/C27H29F3N2O3S/c28-27(29,30)35-24-14-16-25(17-15-24)36(33,34)32(23-11-5-2-6-12-23)26(22-10-7-19-31-20-22)18-13-21-8-3-1-4-9-21/h1-6,8-9,11-12,14-17,22,26,31H,7,10,13,18-20H2. The molecule has 2 atom stereocenters. The van der Waals surface area contributed by atoms with Crippen molar-refractivity contribution >= 4 is 15.7 Å². The first-order valence-electron chi connectivity index (χ1n) is 11.9. The number of hydrogen-bond acceptors (Lipinski definition) is 4. The van der Waals surface area contributed by atoms with Gasteiger partial charge in [0.1, 0.15) is 5.75 Å². The van der Waals surface area contributed by atoms with E-state index in [2.05, 4.69) is 10.1 Å². The van der Waals surface area contributed by atoms with Gasteiger partial charge in [0.05, 0.1) is 10.6 Å². The van der Waals surface area contributed by atoms with Crippen LogP contribution in [0.1, 0.15) is 24.8 Å². The molecule has 0 radical (unpaired) electrons. The zero-order chi connectivity index (χ0) is 25.6. The summed E-state index contributed by atoms with van der Waals surface area (Å²) in [5, 5.41) is 3.40. The number of hydrogen-bond donors (Lipinski definition) is 1. The van der Waals surface area contributed by atoms with Crippen LogP contribution in [0.15, 0.2) is 89.8 Å². The van der Waals surface area contributed by atoms with Gasteiger partial charge in [0.2, 0.25) is 0 Å². The van der Waals surface area contributed by atoms with Crippen molar-refractivity contribution in [2.24, 2.45) is 5.92 Å². The van der Waals surface area contributed by atoms with Gasteiger partial charge in [-0.05, 0) is 86.7 Å². The van der Waals surface area contributed by atoms with Crippen molar-refractivity contribution < 1.29 is 26.3 Å². The molecule has 1 aliphatic rings. The van der Waals surface area contributed by atoms with Crippen molar-refractivity contribution in [3.63, 3.8) is 0 Å². The SMILES string of the molecule is O=S(=O)(c1ccc(OC(F)(F)F)cc1)N(c1ccccc1)C(CCc1ccccc1)C1CCCNC1. The Morgan fingerprint density at radius 1 is 0.944 bits per heavy atom. The highest BCUT2D eigenvalue weighted by Crippen LogP contribution is 2.34. The van der Waals surface area contributed by atoms with Crippen molar-refractivity contribution in [1.82, 2.24) is 5.32 Å². The number of para-hydroxylation sites is 1. The van der Waals surface area contributed by atoms with Gasteiger partial charge in [0, 0.05) is 6.04 Å². The number of sulfonamides is 1. The number of rotatable bonds is 9. The van der Waals surface area contributed by atoms with Crippen LogP contribution in [0.3, 0.4) is 0 Å². The van der Waals surface area contributed by atoms with Gasteiger partial charge in [0.25, 0.3) is 10.0 Å². The normalized spacial score (nSPS) is 17.4. The van der Waals surface area contributed by atoms with E-state index in [0.29, 0.717) is 25.1 Å². The Bertz CT molecular complexity index is 1200. The maximum Gasteiger partial charge on any atom is 0.573 e. The topological polar surface area (TPSA) is 58.6 Å². The minimum Gasteiger partial charge on any atom is -0.406 e. The van der Waals surface area contributed by atoms with Gasteiger partial charge in [-0.3, -0.25) is 4.31 Å². The fraction of sp³-hybridized carbons (Fsp3) is 0.333. The van der Waals surface area contributed by atoms with Crippen LogP contribution >= 0.6 is 0 Å². The maximum atomic E-state index is 14.1. The lowest BCUT2D eigenvalue weighted by molar-refractivity contribution is -0.274. The molecule has 0 bridgehead atoms. The van der Waals surface area contributed by atoms with E-state index in [1.54, 1.807) is 24.3 Å². The summed E-state index contributed by atoms with van der Waals surface area (Å²) in [6, 6.07) is 22.9. The molecule has 1 saturated heterocycles. The summed E-state index contributed by atoms with van der Waals surface area (Å²) in [6.07, 6.45) is -1.74. The van der Waals surface area contributed by atoms with Crippen molar-refractivity contribution in [2.75, 3.05) is 17.4 Å². The smallest absolute Gasteiger partial charge is 0.406 e. The highest BCUT2D eigenvalue weighted by Gasteiger charge is 2.37. The second-order valence-corrected chi connectivity index (χ2v) is 10.7. The first kappa shape index (κ1) is 26.0. The molecule has 5 nitrogen and oxygen atoms in total. The Kier molecular flexibility index (Phi) is 8.21.